The molecule has 0 aliphatic carbocycles. The van der Waals surface area contributed by atoms with Gasteiger partial charge in [0.1, 0.15) is 6.04 Å². The number of carbonyl (C=O) groups excluding carboxylic acids is 1. The fourth-order valence-corrected chi connectivity index (χ4v) is 1.32. The zero-order valence-corrected chi connectivity index (χ0v) is 9.27. The Kier molecular flexibility index (Phi) is 4.13. The van der Waals surface area contributed by atoms with Crippen LogP contribution in [0.3, 0.4) is 0 Å². The van der Waals surface area contributed by atoms with Crippen LogP contribution < -0.4 is 10.5 Å². The lowest BCUT2D eigenvalue weighted by atomic mass is 10.1. The second kappa shape index (κ2) is 5.37. The third kappa shape index (κ3) is 2.43. The number of hydrogen-bond donors (Lipinski definition) is 2. The van der Waals surface area contributed by atoms with Gasteiger partial charge in [0.25, 0.3) is 0 Å². The van der Waals surface area contributed by atoms with Crippen LogP contribution in [0.2, 0.25) is 0 Å². The number of phenolic OH excluding ortho intramolecular Hbond substituents is 1. The maximum absolute atomic E-state index is 11.2. The van der Waals surface area contributed by atoms with Crippen molar-refractivity contribution < 1.29 is 19.4 Å². The van der Waals surface area contributed by atoms with Gasteiger partial charge in [-0.25, -0.2) is 0 Å². The Balaban J connectivity index is 3.05. The highest BCUT2D eigenvalue weighted by molar-refractivity contribution is 5.78. The van der Waals surface area contributed by atoms with Crippen LogP contribution in [0, 0.1) is 0 Å². The van der Waals surface area contributed by atoms with Crippen molar-refractivity contribution >= 4 is 5.97 Å². The van der Waals surface area contributed by atoms with E-state index in [-0.39, 0.29) is 11.3 Å². The van der Waals surface area contributed by atoms with Crippen LogP contribution >= 0.6 is 0 Å². The molecule has 0 amide bonds. The summed E-state index contributed by atoms with van der Waals surface area (Å²) in [6.07, 6.45) is 0. The van der Waals surface area contributed by atoms with E-state index < -0.39 is 12.0 Å². The van der Waals surface area contributed by atoms with Crippen molar-refractivity contribution in [2.45, 2.75) is 13.0 Å². The van der Waals surface area contributed by atoms with E-state index in [2.05, 4.69) is 4.74 Å². The maximum Gasteiger partial charge on any atom is 0.327 e. The van der Waals surface area contributed by atoms with Crippen molar-refractivity contribution in [3.63, 3.8) is 0 Å². The molecule has 0 spiro atoms. The normalized spacial score (nSPS) is 11.9. The summed E-state index contributed by atoms with van der Waals surface area (Å²) in [6.45, 7) is 2.22. The summed E-state index contributed by atoms with van der Waals surface area (Å²) in [5, 5.41) is 9.82. The van der Waals surface area contributed by atoms with E-state index in [1.54, 1.807) is 25.1 Å². The largest absolute Gasteiger partial charge is 0.504 e. The second-order valence-electron chi connectivity index (χ2n) is 3.13. The first kappa shape index (κ1) is 12.3. The standard InChI is InChI=1S/C11H15NO4/c1-3-16-8-6-4-5-7(10(8)13)9(12)11(14)15-2/h4-6,9,13H,3,12H2,1-2H3/t9-/m0/s1. The van der Waals surface area contributed by atoms with Gasteiger partial charge < -0.3 is 20.3 Å². The van der Waals surface area contributed by atoms with E-state index in [4.69, 9.17) is 10.5 Å². The number of para-hydroxylation sites is 1. The molecule has 0 saturated carbocycles. The van der Waals surface area contributed by atoms with Crippen LogP contribution in [0.25, 0.3) is 0 Å². The molecule has 0 aliphatic rings. The smallest absolute Gasteiger partial charge is 0.327 e. The van der Waals surface area contributed by atoms with E-state index in [9.17, 15) is 9.90 Å². The van der Waals surface area contributed by atoms with Gasteiger partial charge in [0, 0.05) is 5.56 Å². The minimum Gasteiger partial charge on any atom is -0.504 e. The first-order valence-electron chi connectivity index (χ1n) is 4.89. The number of rotatable bonds is 4. The summed E-state index contributed by atoms with van der Waals surface area (Å²) in [7, 11) is 1.24. The fraction of sp³-hybridized carbons (Fsp3) is 0.364. The van der Waals surface area contributed by atoms with Gasteiger partial charge in [0.2, 0.25) is 0 Å². The first-order chi connectivity index (χ1) is 7.61. The number of ether oxygens (including phenoxy) is 2. The van der Waals surface area contributed by atoms with Crippen LogP contribution in [0.4, 0.5) is 0 Å². The molecule has 5 heteroatoms. The molecule has 1 rings (SSSR count). The number of carbonyl (C=O) groups is 1. The van der Waals surface area contributed by atoms with Gasteiger partial charge in [-0.2, -0.15) is 0 Å². The van der Waals surface area contributed by atoms with Crippen LogP contribution in [0.5, 0.6) is 11.5 Å². The highest BCUT2D eigenvalue weighted by Crippen LogP contribution is 2.33. The van der Waals surface area contributed by atoms with Crippen molar-refractivity contribution in [1.29, 1.82) is 0 Å². The molecule has 0 aromatic heterocycles. The van der Waals surface area contributed by atoms with Crippen LogP contribution in [0.1, 0.15) is 18.5 Å². The second-order valence-corrected chi connectivity index (χ2v) is 3.13. The molecule has 0 heterocycles. The molecule has 0 radical (unpaired) electrons. The fourth-order valence-electron chi connectivity index (χ4n) is 1.32. The lowest BCUT2D eigenvalue weighted by Crippen LogP contribution is -2.22. The van der Waals surface area contributed by atoms with Gasteiger partial charge in [0.05, 0.1) is 13.7 Å². The first-order valence-corrected chi connectivity index (χ1v) is 4.89. The Morgan fingerprint density at radius 2 is 2.25 bits per heavy atom. The number of hydrogen-bond acceptors (Lipinski definition) is 5. The Bertz CT molecular complexity index is 378. The quantitative estimate of drug-likeness (QED) is 0.746. The number of benzene rings is 1. The Labute approximate surface area is 93.8 Å². The van der Waals surface area contributed by atoms with Crippen molar-refractivity contribution in [2.24, 2.45) is 5.73 Å². The highest BCUT2D eigenvalue weighted by Gasteiger charge is 2.21. The third-order valence-corrected chi connectivity index (χ3v) is 2.12. The molecule has 0 unspecified atom stereocenters. The summed E-state index contributed by atoms with van der Waals surface area (Å²) < 4.78 is 9.69. The van der Waals surface area contributed by atoms with E-state index >= 15 is 0 Å². The van der Waals surface area contributed by atoms with Gasteiger partial charge in [-0.05, 0) is 13.0 Å². The van der Waals surface area contributed by atoms with E-state index in [0.717, 1.165) is 0 Å². The minimum atomic E-state index is -1.01. The van der Waals surface area contributed by atoms with Gasteiger partial charge in [-0.1, -0.05) is 12.1 Å². The zero-order valence-electron chi connectivity index (χ0n) is 9.27. The molecule has 1 atom stereocenters. The predicted molar refractivity (Wildman–Crippen MR) is 58.2 cm³/mol. The molecule has 1 aromatic carbocycles. The summed E-state index contributed by atoms with van der Waals surface area (Å²) in [4.78, 5) is 11.2. The molecule has 0 bridgehead atoms. The number of esters is 1. The molecule has 3 N–H and O–H groups in total. The number of phenols is 1. The third-order valence-electron chi connectivity index (χ3n) is 2.12. The number of nitrogens with two attached hydrogens (primary N) is 1. The molecule has 16 heavy (non-hydrogen) atoms. The minimum absolute atomic E-state index is 0.123. The topological polar surface area (TPSA) is 81.8 Å². The van der Waals surface area contributed by atoms with E-state index in [1.807, 2.05) is 0 Å². The average Bonchev–Trinajstić information content (AvgIpc) is 2.30. The van der Waals surface area contributed by atoms with Crippen LogP contribution in [-0.2, 0) is 9.53 Å². The van der Waals surface area contributed by atoms with Gasteiger partial charge in [-0.15, -0.1) is 0 Å². The van der Waals surface area contributed by atoms with Crippen molar-refractivity contribution in [3.8, 4) is 11.5 Å². The molecule has 1 aromatic rings. The molecular formula is C11H15NO4. The lowest BCUT2D eigenvalue weighted by molar-refractivity contribution is -0.142. The Hall–Kier alpha value is -1.75. The van der Waals surface area contributed by atoms with Gasteiger partial charge in [-0.3, -0.25) is 4.79 Å². The molecule has 88 valence electrons. The van der Waals surface area contributed by atoms with Crippen LogP contribution in [-0.4, -0.2) is 24.8 Å². The summed E-state index contributed by atoms with van der Waals surface area (Å²) in [6, 6.07) is 3.81. The summed E-state index contributed by atoms with van der Waals surface area (Å²) in [5.41, 5.74) is 5.91. The Morgan fingerprint density at radius 1 is 1.56 bits per heavy atom. The highest BCUT2D eigenvalue weighted by atomic mass is 16.5. The molecule has 0 saturated heterocycles. The summed E-state index contributed by atoms with van der Waals surface area (Å²) >= 11 is 0. The van der Waals surface area contributed by atoms with Gasteiger partial charge >= 0.3 is 5.97 Å². The van der Waals surface area contributed by atoms with Crippen LogP contribution in [0.15, 0.2) is 18.2 Å². The maximum atomic E-state index is 11.2. The number of methoxy groups -OCH3 is 1. The number of aromatic hydroxyl groups is 1. The van der Waals surface area contributed by atoms with E-state index in [0.29, 0.717) is 12.4 Å². The molecule has 5 nitrogen and oxygen atoms in total. The molecule has 0 aliphatic heterocycles. The Morgan fingerprint density at radius 3 is 2.81 bits per heavy atom. The average molecular weight is 225 g/mol. The molecular weight excluding hydrogens is 210 g/mol. The summed E-state index contributed by atoms with van der Waals surface area (Å²) in [5.74, 6) is -0.425. The monoisotopic (exact) mass is 225 g/mol. The molecule has 0 fully saturated rings. The predicted octanol–water partition coefficient (Wildman–Crippen LogP) is 0.964. The van der Waals surface area contributed by atoms with Crippen molar-refractivity contribution in [3.05, 3.63) is 23.8 Å². The van der Waals surface area contributed by atoms with Crippen molar-refractivity contribution in [1.82, 2.24) is 0 Å². The van der Waals surface area contributed by atoms with Crippen molar-refractivity contribution in [2.75, 3.05) is 13.7 Å². The SMILES string of the molecule is CCOc1cccc([C@H](N)C(=O)OC)c1O. The lowest BCUT2D eigenvalue weighted by Gasteiger charge is -2.13. The van der Waals surface area contributed by atoms with Gasteiger partial charge in [0.15, 0.2) is 11.5 Å². The van der Waals surface area contributed by atoms with E-state index in [1.165, 1.54) is 7.11 Å². The zero-order chi connectivity index (χ0) is 12.1.